The summed E-state index contributed by atoms with van der Waals surface area (Å²) in [6.07, 6.45) is 2.74. The number of nitrogens with one attached hydrogen (secondary N) is 1. The van der Waals surface area contributed by atoms with Gasteiger partial charge in [-0.15, -0.1) is 0 Å². The highest BCUT2D eigenvalue weighted by Crippen LogP contribution is 2.18. The Morgan fingerprint density at radius 1 is 1.33 bits per heavy atom. The highest BCUT2D eigenvalue weighted by atomic mass is 32.2. The fourth-order valence-electron chi connectivity index (χ4n) is 2.60. The Balaban J connectivity index is 1.63. The second kappa shape index (κ2) is 7.82. The maximum absolute atomic E-state index is 3.31. The smallest absolute Gasteiger partial charge is 0.0221 e. The molecule has 1 unspecified atom stereocenters. The number of hydrogen-bond donors (Lipinski definition) is 1. The van der Waals surface area contributed by atoms with Gasteiger partial charge in [-0.1, -0.05) is 30.3 Å². The third kappa shape index (κ3) is 4.30. The molecule has 1 aliphatic heterocycles. The van der Waals surface area contributed by atoms with Gasteiger partial charge in [0.05, 0.1) is 0 Å². The van der Waals surface area contributed by atoms with E-state index in [1.54, 1.807) is 0 Å². The van der Waals surface area contributed by atoms with Crippen LogP contribution in [0.5, 0.6) is 0 Å². The molecule has 0 amide bonds. The minimum atomic E-state index is 0.771. The number of likely N-dealkylation sites (tertiary alicyclic amines) is 1. The first-order valence-corrected chi connectivity index (χ1v) is 8.06. The number of likely N-dealkylation sites (N-methyl/N-ethyl adjacent to an activating group) is 1. The molecule has 100 valence electrons. The van der Waals surface area contributed by atoms with Crippen LogP contribution < -0.4 is 5.32 Å². The average molecular weight is 264 g/mol. The largest absolute Gasteiger partial charge is 0.318 e. The summed E-state index contributed by atoms with van der Waals surface area (Å²) < 4.78 is 0. The summed E-state index contributed by atoms with van der Waals surface area (Å²) in [7, 11) is 2.06. The van der Waals surface area contributed by atoms with Gasteiger partial charge in [-0.05, 0) is 32.0 Å². The fourth-order valence-corrected chi connectivity index (χ4v) is 3.54. The van der Waals surface area contributed by atoms with E-state index in [0.29, 0.717) is 0 Å². The summed E-state index contributed by atoms with van der Waals surface area (Å²) >= 11 is 2.05. The van der Waals surface area contributed by atoms with Crippen molar-refractivity contribution in [2.24, 2.45) is 0 Å². The Morgan fingerprint density at radius 2 is 2.17 bits per heavy atom. The van der Waals surface area contributed by atoms with Gasteiger partial charge >= 0.3 is 0 Å². The quantitative estimate of drug-likeness (QED) is 0.762. The van der Waals surface area contributed by atoms with E-state index in [-0.39, 0.29) is 0 Å². The molecule has 0 spiro atoms. The molecule has 1 atom stereocenters. The monoisotopic (exact) mass is 264 g/mol. The molecule has 0 radical (unpaired) electrons. The van der Waals surface area contributed by atoms with Gasteiger partial charge in [0.25, 0.3) is 0 Å². The summed E-state index contributed by atoms with van der Waals surface area (Å²) in [4.78, 5) is 2.65. The first kappa shape index (κ1) is 13.9. The van der Waals surface area contributed by atoms with Crippen molar-refractivity contribution < 1.29 is 0 Å². The molecule has 1 saturated heterocycles. The Hall–Kier alpha value is -0.510. The molecule has 3 heteroatoms. The van der Waals surface area contributed by atoms with Crippen molar-refractivity contribution in [3.8, 4) is 0 Å². The van der Waals surface area contributed by atoms with Gasteiger partial charge in [-0.25, -0.2) is 0 Å². The molecule has 1 heterocycles. The predicted octanol–water partition coefficient (Wildman–Crippen LogP) is 2.60. The maximum Gasteiger partial charge on any atom is 0.0221 e. The first-order valence-electron chi connectivity index (χ1n) is 6.90. The highest BCUT2D eigenvalue weighted by Gasteiger charge is 2.22. The van der Waals surface area contributed by atoms with Gasteiger partial charge in [-0.2, -0.15) is 11.8 Å². The van der Waals surface area contributed by atoms with E-state index >= 15 is 0 Å². The Morgan fingerprint density at radius 3 is 2.94 bits per heavy atom. The molecule has 18 heavy (non-hydrogen) atoms. The molecular weight excluding hydrogens is 240 g/mol. The van der Waals surface area contributed by atoms with Gasteiger partial charge in [0.1, 0.15) is 0 Å². The van der Waals surface area contributed by atoms with Crippen molar-refractivity contribution in [3.05, 3.63) is 35.9 Å². The van der Waals surface area contributed by atoms with Gasteiger partial charge in [0.15, 0.2) is 0 Å². The van der Waals surface area contributed by atoms with Crippen LogP contribution in [0.3, 0.4) is 0 Å². The molecular formula is C15H24N2S. The first-order chi connectivity index (χ1) is 8.90. The number of nitrogens with zero attached hydrogens (tertiary/aromatic N) is 1. The third-order valence-corrected chi connectivity index (χ3v) is 4.58. The van der Waals surface area contributed by atoms with Gasteiger partial charge in [-0.3, -0.25) is 4.90 Å². The molecule has 1 aromatic rings. The van der Waals surface area contributed by atoms with E-state index in [9.17, 15) is 0 Å². The van der Waals surface area contributed by atoms with E-state index < -0.39 is 0 Å². The molecule has 2 rings (SSSR count). The van der Waals surface area contributed by atoms with Crippen LogP contribution in [0, 0.1) is 0 Å². The Labute approximate surface area is 115 Å². The third-order valence-electron chi connectivity index (χ3n) is 3.57. The number of rotatable bonds is 7. The maximum atomic E-state index is 3.31. The van der Waals surface area contributed by atoms with Crippen LogP contribution in [-0.4, -0.2) is 43.4 Å². The van der Waals surface area contributed by atoms with Crippen molar-refractivity contribution in [1.82, 2.24) is 10.2 Å². The van der Waals surface area contributed by atoms with E-state index in [4.69, 9.17) is 0 Å². The zero-order valence-electron chi connectivity index (χ0n) is 11.3. The SMILES string of the molecule is CNCC1CCCN1CCSCc1ccccc1. The topological polar surface area (TPSA) is 15.3 Å². The summed E-state index contributed by atoms with van der Waals surface area (Å²) in [6, 6.07) is 11.5. The molecule has 0 aliphatic carbocycles. The summed E-state index contributed by atoms with van der Waals surface area (Å²) in [5, 5.41) is 3.31. The molecule has 2 nitrogen and oxygen atoms in total. The molecule has 1 fully saturated rings. The Bertz CT molecular complexity index is 329. The lowest BCUT2D eigenvalue weighted by molar-refractivity contribution is 0.266. The van der Waals surface area contributed by atoms with Crippen LogP contribution in [0.25, 0.3) is 0 Å². The van der Waals surface area contributed by atoms with E-state index in [0.717, 1.165) is 18.3 Å². The van der Waals surface area contributed by atoms with E-state index in [2.05, 4.69) is 59.4 Å². The standard InChI is InChI=1S/C15H24N2S/c1-16-12-15-8-5-9-17(15)10-11-18-13-14-6-3-2-4-7-14/h2-4,6-7,15-16H,5,8-13H2,1H3. The normalized spacial score (nSPS) is 20.4. The lowest BCUT2D eigenvalue weighted by Gasteiger charge is -2.23. The lowest BCUT2D eigenvalue weighted by Crippen LogP contribution is -2.37. The highest BCUT2D eigenvalue weighted by molar-refractivity contribution is 7.98. The summed E-state index contributed by atoms with van der Waals surface area (Å²) in [6.45, 7) is 3.67. The minimum Gasteiger partial charge on any atom is -0.318 e. The Kier molecular flexibility index (Phi) is 6.05. The van der Waals surface area contributed by atoms with Crippen molar-refractivity contribution >= 4 is 11.8 Å². The zero-order chi connectivity index (χ0) is 12.6. The van der Waals surface area contributed by atoms with Crippen molar-refractivity contribution in [2.45, 2.75) is 24.6 Å². The molecule has 1 aliphatic rings. The van der Waals surface area contributed by atoms with Crippen LogP contribution in [0.15, 0.2) is 30.3 Å². The zero-order valence-corrected chi connectivity index (χ0v) is 12.1. The molecule has 1 aromatic carbocycles. The van der Waals surface area contributed by atoms with Crippen LogP contribution in [0.1, 0.15) is 18.4 Å². The second-order valence-corrected chi connectivity index (χ2v) is 6.03. The summed E-state index contributed by atoms with van der Waals surface area (Å²) in [5.74, 6) is 2.39. The minimum absolute atomic E-state index is 0.771. The fraction of sp³-hybridized carbons (Fsp3) is 0.600. The average Bonchev–Trinajstić information content (AvgIpc) is 2.84. The van der Waals surface area contributed by atoms with Crippen LogP contribution in [0.2, 0.25) is 0 Å². The molecule has 0 saturated carbocycles. The van der Waals surface area contributed by atoms with Crippen molar-refractivity contribution in [3.63, 3.8) is 0 Å². The van der Waals surface area contributed by atoms with Crippen LogP contribution >= 0.6 is 11.8 Å². The van der Waals surface area contributed by atoms with E-state index in [1.165, 1.54) is 37.2 Å². The molecule has 0 aromatic heterocycles. The predicted molar refractivity (Wildman–Crippen MR) is 81.1 cm³/mol. The van der Waals surface area contributed by atoms with Gasteiger partial charge in [0, 0.05) is 30.6 Å². The van der Waals surface area contributed by atoms with Crippen molar-refractivity contribution in [1.29, 1.82) is 0 Å². The van der Waals surface area contributed by atoms with Crippen LogP contribution in [0.4, 0.5) is 0 Å². The van der Waals surface area contributed by atoms with E-state index in [1.807, 2.05) is 0 Å². The number of hydrogen-bond acceptors (Lipinski definition) is 3. The van der Waals surface area contributed by atoms with Crippen LogP contribution in [-0.2, 0) is 5.75 Å². The second-order valence-electron chi connectivity index (χ2n) is 4.93. The van der Waals surface area contributed by atoms with Gasteiger partial charge in [0.2, 0.25) is 0 Å². The number of benzene rings is 1. The number of thioether (sulfide) groups is 1. The van der Waals surface area contributed by atoms with Crippen molar-refractivity contribution in [2.75, 3.05) is 32.4 Å². The molecule has 0 bridgehead atoms. The molecule has 1 N–H and O–H groups in total. The lowest BCUT2D eigenvalue weighted by atomic mass is 10.2. The summed E-state index contributed by atoms with van der Waals surface area (Å²) in [5.41, 5.74) is 1.44. The van der Waals surface area contributed by atoms with Gasteiger partial charge < -0.3 is 5.32 Å².